The van der Waals surface area contributed by atoms with E-state index < -0.39 is 0 Å². The molecule has 1 aromatic carbocycles. The third-order valence-corrected chi connectivity index (χ3v) is 6.76. The Labute approximate surface area is 188 Å². The lowest BCUT2D eigenvalue weighted by molar-refractivity contribution is 0.177. The summed E-state index contributed by atoms with van der Waals surface area (Å²) in [6, 6.07) is 8.74. The van der Waals surface area contributed by atoms with E-state index in [4.69, 9.17) is 11.6 Å². The second-order valence-corrected chi connectivity index (χ2v) is 9.78. The molecule has 0 amide bonds. The van der Waals surface area contributed by atoms with Crippen molar-refractivity contribution in [3.63, 3.8) is 0 Å². The molecule has 168 valence electrons. The summed E-state index contributed by atoms with van der Waals surface area (Å²) in [6.45, 7) is 12.4. The highest BCUT2D eigenvalue weighted by Gasteiger charge is 2.22. The fourth-order valence-electron chi connectivity index (χ4n) is 4.62. The maximum absolute atomic E-state index is 6.32. The Morgan fingerprint density at radius 2 is 1.73 bits per heavy atom. The van der Waals surface area contributed by atoms with Crippen LogP contribution < -0.4 is 10.6 Å². The summed E-state index contributed by atoms with van der Waals surface area (Å²) in [6.07, 6.45) is 4.85. The Bertz CT molecular complexity index is 661. The Kier molecular flexibility index (Phi) is 9.28. The summed E-state index contributed by atoms with van der Waals surface area (Å²) < 4.78 is 0. The first-order chi connectivity index (χ1) is 14.5. The van der Waals surface area contributed by atoms with Gasteiger partial charge in [0.25, 0.3) is 0 Å². The van der Waals surface area contributed by atoms with E-state index in [1.54, 1.807) is 0 Å². The lowest BCUT2D eigenvalue weighted by Crippen LogP contribution is -2.50. The normalized spacial score (nSPS) is 20.6. The molecule has 5 nitrogen and oxygen atoms in total. The highest BCUT2D eigenvalue weighted by atomic mass is 35.5. The molecule has 2 N–H and O–H groups in total. The second-order valence-electron chi connectivity index (χ2n) is 9.38. The zero-order valence-electron chi connectivity index (χ0n) is 19.0. The van der Waals surface area contributed by atoms with E-state index in [-0.39, 0.29) is 0 Å². The molecule has 30 heavy (non-hydrogen) atoms. The fourth-order valence-corrected chi connectivity index (χ4v) is 4.82. The highest BCUT2D eigenvalue weighted by Crippen LogP contribution is 2.22. The minimum Gasteiger partial charge on any atom is -0.356 e. The molecule has 0 radical (unpaired) electrons. The quantitative estimate of drug-likeness (QED) is 0.506. The second kappa shape index (κ2) is 11.9. The molecule has 0 atom stereocenters. The third-order valence-electron chi connectivity index (χ3n) is 6.39. The van der Waals surface area contributed by atoms with Crippen LogP contribution in [0.5, 0.6) is 0 Å². The molecule has 2 aliphatic rings. The average Bonchev–Trinajstić information content (AvgIpc) is 2.74. The summed E-state index contributed by atoms with van der Waals surface area (Å²) in [7, 11) is 1.88. The number of hydrogen-bond acceptors (Lipinski definition) is 3. The first-order valence-electron chi connectivity index (χ1n) is 11.7. The molecule has 2 fully saturated rings. The Morgan fingerprint density at radius 3 is 2.37 bits per heavy atom. The van der Waals surface area contributed by atoms with Crippen LogP contribution in [0.3, 0.4) is 0 Å². The number of aliphatic imine (C=N–C) groups is 1. The Balaban J connectivity index is 1.34. The van der Waals surface area contributed by atoms with Crippen molar-refractivity contribution in [1.29, 1.82) is 0 Å². The van der Waals surface area contributed by atoms with Gasteiger partial charge in [-0.2, -0.15) is 0 Å². The van der Waals surface area contributed by atoms with E-state index in [2.05, 4.69) is 51.4 Å². The summed E-state index contributed by atoms with van der Waals surface area (Å²) >= 11 is 6.32. The lowest BCUT2D eigenvalue weighted by Gasteiger charge is -2.35. The van der Waals surface area contributed by atoms with E-state index in [0.29, 0.717) is 12.0 Å². The summed E-state index contributed by atoms with van der Waals surface area (Å²) in [4.78, 5) is 9.59. The summed E-state index contributed by atoms with van der Waals surface area (Å²) in [5, 5.41) is 8.12. The zero-order chi connectivity index (χ0) is 21.3. The van der Waals surface area contributed by atoms with Crippen LogP contribution in [-0.4, -0.2) is 68.1 Å². The van der Waals surface area contributed by atoms with Crippen molar-refractivity contribution in [1.82, 2.24) is 20.4 Å². The SMILES string of the molecule is CN=C(NCC1CCN(Cc2ccccc2Cl)CC1)NC1CCN(CC(C)C)CC1. The molecule has 2 heterocycles. The number of piperidine rings is 2. The predicted molar refractivity (Wildman–Crippen MR) is 128 cm³/mol. The van der Waals surface area contributed by atoms with E-state index in [1.807, 2.05) is 19.2 Å². The molecule has 1 aromatic rings. The maximum atomic E-state index is 6.32. The van der Waals surface area contributed by atoms with Crippen molar-refractivity contribution in [3.05, 3.63) is 34.9 Å². The molecule has 2 aliphatic heterocycles. The van der Waals surface area contributed by atoms with Gasteiger partial charge in [0.05, 0.1) is 0 Å². The van der Waals surface area contributed by atoms with E-state index in [1.165, 1.54) is 50.9 Å². The predicted octanol–water partition coefficient (Wildman–Crippen LogP) is 3.84. The van der Waals surface area contributed by atoms with Crippen molar-refractivity contribution in [2.45, 2.75) is 52.1 Å². The van der Waals surface area contributed by atoms with Crippen LogP contribution in [0.15, 0.2) is 29.3 Å². The number of nitrogens with one attached hydrogen (secondary N) is 2. The summed E-state index contributed by atoms with van der Waals surface area (Å²) in [5.74, 6) is 2.43. The van der Waals surface area contributed by atoms with Crippen molar-refractivity contribution >= 4 is 17.6 Å². The van der Waals surface area contributed by atoms with Gasteiger partial charge < -0.3 is 15.5 Å². The number of guanidine groups is 1. The Hall–Kier alpha value is -1.30. The molecular formula is C24H40ClN5. The zero-order valence-corrected chi connectivity index (χ0v) is 19.8. The van der Waals surface area contributed by atoms with Crippen molar-refractivity contribution in [2.24, 2.45) is 16.8 Å². The maximum Gasteiger partial charge on any atom is 0.191 e. The van der Waals surface area contributed by atoms with Gasteiger partial charge in [-0.25, -0.2) is 0 Å². The van der Waals surface area contributed by atoms with Gasteiger partial charge in [0, 0.05) is 50.8 Å². The number of benzene rings is 1. The van der Waals surface area contributed by atoms with Crippen LogP contribution >= 0.6 is 11.6 Å². The highest BCUT2D eigenvalue weighted by molar-refractivity contribution is 6.31. The van der Waals surface area contributed by atoms with Gasteiger partial charge in [0.2, 0.25) is 0 Å². The fraction of sp³-hybridized carbons (Fsp3) is 0.708. The molecule has 0 unspecified atom stereocenters. The van der Waals surface area contributed by atoms with Gasteiger partial charge in [-0.15, -0.1) is 0 Å². The minimum atomic E-state index is 0.539. The van der Waals surface area contributed by atoms with Crippen LogP contribution in [0, 0.1) is 11.8 Å². The third kappa shape index (κ3) is 7.44. The lowest BCUT2D eigenvalue weighted by atomic mass is 9.96. The number of halogens is 1. The van der Waals surface area contributed by atoms with E-state index >= 15 is 0 Å². The first-order valence-corrected chi connectivity index (χ1v) is 12.1. The van der Waals surface area contributed by atoms with Crippen LogP contribution in [0.4, 0.5) is 0 Å². The van der Waals surface area contributed by atoms with Gasteiger partial charge in [-0.05, 0) is 62.2 Å². The largest absolute Gasteiger partial charge is 0.356 e. The molecule has 0 bridgehead atoms. The molecule has 0 spiro atoms. The van der Waals surface area contributed by atoms with Crippen LogP contribution in [0.2, 0.25) is 5.02 Å². The minimum absolute atomic E-state index is 0.539. The smallest absolute Gasteiger partial charge is 0.191 e. The number of nitrogens with zero attached hydrogens (tertiary/aromatic N) is 3. The monoisotopic (exact) mass is 433 g/mol. The number of hydrogen-bond donors (Lipinski definition) is 2. The molecular weight excluding hydrogens is 394 g/mol. The van der Waals surface area contributed by atoms with E-state index in [0.717, 1.165) is 43.1 Å². The van der Waals surface area contributed by atoms with E-state index in [9.17, 15) is 0 Å². The Morgan fingerprint density at radius 1 is 1.07 bits per heavy atom. The topological polar surface area (TPSA) is 42.9 Å². The van der Waals surface area contributed by atoms with Gasteiger partial charge in [-0.1, -0.05) is 43.6 Å². The van der Waals surface area contributed by atoms with Gasteiger partial charge in [0.1, 0.15) is 0 Å². The van der Waals surface area contributed by atoms with Crippen molar-refractivity contribution in [3.8, 4) is 0 Å². The van der Waals surface area contributed by atoms with Crippen LogP contribution in [0.1, 0.15) is 45.1 Å². The summed E-state index contributed by atoms with van der Waals surface area (Å²) in [5.41, 5.74) is 1.24. The standard InChI is InChI=1S/C24H40ClN5/c1-19(2)17-29-14-10-22(11-15-29)28-24(26-3)27-16-20-8-12-30(13-9-20)18-21-6-4-5-7-23(21)25/h4-7,19-20,22H,8-18H2,1-3H3,(H2,26,27,28). The van der Waals surface area contributed by atoms with Gasteiger partial charge >= 0.3 is 0 Å². The molecule has 3 rings (SSSR count). The molecule has 0 aromatic heterocycles. The average molecular weight is 434 g/mol. The van der Waals surface area contributed by atoms with Crippen molar-refractivity contribution < 1.29 is 0 Å². The molecule has 0 aliphatic carbocycles. The molecule has 6 heteroatoms. The van der Waals surface area contributed by atoms with Crippen LogP contribution in [0.25, 0.3) is 0 Å². The number of likely N-dealkylation sites (tertiary alicyclic amines) is 2. The molecule has 2 saturated heterocycles. The van der Waals surface area contributed by atoms with Gasteiger partial charge in [-0.3, -0.25) is 9.89 Å². The van der Waals surface area contributed by atoms with Crippen molar-refractivity contribution in [2.75, 3.05) is 46.3 Å². The molecule has 0 saturated carbocycles. The first kappa shape index (κ1) is 23.4. The van der Waals surface area contributed by atoms with Crippen LogP contribution in [-0.2, 0) is 6.54 Å². The van der Waals surface area contributed by atoms with Gasteiger partial charge in [0.15, 0.2) is 5.96 Å². The number of rotatable bonds is 7.